The van der Waals surface area contributed by atoms with Gasteiger partial charge in [0.15, 0.2) is 0 Å². The van der Waals surface area contributed by atoms with Crippen LogP contribution in [0.15, 0.2) is 0 Å². The van der Waals surface area contributed by atoms with Crippen molar-refractivity contribution >= 4 is 17.8 Å². The number of hydrogen-bond donors (Lipinski definition) is 2. The first-order chi connectivity index (χ1) is 11.5. The maximum atomic E-state index is 12.6. The predicted molar refractivity (Wildman–Crippen MR) is 89.3 cm³/mol. The summed E-state index contributed by atoms with van der Waals surface area (Å²) in [6.07, 6.45) is 6.44. The van der Waals surface area contributed by atoms with Crippen molar-refractivity contribution < 1.29 is 14.4 Å². The van der Waals surface area contributed by atoms with Gasteiger partial charge in [-0.1, -0.05) is 12.8 Å². The fourth-order valence-corrected chi connectivity index (χ4v) is 4.13. The second kappa shape index (κ2) is 7.09. The molecule has 24 heavy (non-hydrogen) atoms. The number of carbonyl (C=O) groups is 3. The fraction of sp³-hybridized carbons (Fsp3) is 0.824. The Kier molecular flexibility index (Phi) is 5.08. The molecule has 0 saturated carbocycles. The van der Waals surface area contributed by atoms with Crippen molar-refractivity contribution in [2.24, 2.45) is 5.92 Å². The van der Waals surface area contributed by atoms with Crippen LogP contribution in [0.1, 0.15) is 45.4 Å². The molecule has 2 N–H and O–H groups in total. The monoisotopic (exact) mass is 336 g/mol. The van der Waals surface area contributed by atoms with E-state index in [1.807, 2.05) is 4.90 Å². The fourth-order valence-electron chi connectivity index (χ4n) is 4.13. The molecule has 4 amide bonds. The average Bonchev–Trinajstić information content (AvgIpc) is 2.75. The molecule has 134 valence electrons. The van der Waals surface area contributed by atoms with Gasteiger partial charge in [0, 0.05) is 25.6 Å². The van der Waals surface area contributed by atoms with Crippen LogP contribution in [0.4, 0.5) is 4.79 Å². The molecule has 2 atom stereocenters. The van der Waals surface area contributed by atoms with Gasteiger partial charge in [0.25, 0.3) is 5.91 Å². The topological polar surface area (TPSA) is 81.8 Å². The van der Waals surface area contributed by atoms with E-state index in [2.05, 4.69) is 15.5 Å². The lowest BCUT2D eigenvalue weighted by Crippen LogP contribution is -2.56. The van der Waals surface area contributed by atoms with Crippen LogP contribution in [0, 0.1) is 5.92 Å². The van der Waals surface area contributed by atoms with Crippen molar-refractivity contribution in [2.45, 2.75) is 51.0 Å². The first-order valence-corrected chi connectivity index (χ1v) is 9.13. The Morgan fingerprint density at radius 2 is 1.83 bits per heavy atom. The third-order valence-corrected chi connectivity index (χ3v) is 5.71. The van der Waals surface area contributed by atoms with Gasteiger partial charge in [-0.3, -0.25) is 19.8 Å². The Bertz CT molecular complexity index is 516. The zero-order valence-electron chi connectivity index (χ0n) is 14.5. The Hall–Kier alpha value is -1.63. The summed E-state index contributed by atoms with van der Waals surface area (Å²) in [4.78, 5) is 40.3. The molecule has 3 fully saturated rings. The van der Waals surface area contributed by atoms with Crippen LogP contribution in [0.2, 0.25) is 0 Å². The van der Waals surface area contributed by atoms with Crippen molar-refractivity contribution in [3.63, 3.8) is 0 Å². The first-order valence-electron chi connectivity index (χ1n) is 9.13. The predicted octanol–water partition coefficient (Wildman–Crippen LogP) is 0.699. The van der Waals surface area contributed by atoms with E-state index in [4.69, 9.17) is 0 Å². The minimum Gasteiger partial charge on any atom is -0.342 e. The van der Waals surface area contributed by atoms with Gasteiger partial charge in [-0.25, -0.2) is 4.79 Å². The summed E-state index contributed by atoms with van der Waals surface area (Å²) < 4.78 is 0. The van der Waals surface area contributed by atoms with Crippen LogP contribution in [0.5, 0.6) is 0 Å². The standard InChI is InChI=1S/C17H28N4O3/c1-17(15(23)18-16(24)19-17)13-7-6-8-20(11-13)12-14(22)21-9-4-2-3-5-10-21/h13H,2-12H2,1H3,(H2,18,19,23,24)/t13-,17+/m1/s1. The molecule has 0 unspecified atom stereocenters. The van der Waals surface area contributed by atoms with Crippen LogP contribution < -0.4 is 10.6 Å². The van der Waals surface area contributed by atoms with Crippen LogP contribution in [-0.2, 0) is 9.59 Å². The van der Waals surface area contributed by atoms with E-state index in [1.54, 1.807) is 6.92 Å². The van der Waals surface area contributed by atoms with Gasteiger partial charge in [0.05, 0.1) is 6.54 Å². The van der Waals surface area contributed by atoms with Gasteiger partial charge in [-0.2, -0.15) is 0 Å². The lowest BCUT2D eigenvalue weighted by atomic mass is 9.80. The van der Waals surface area contributed by atoms with E-state index < -0.39 is 11.6 Å². The molecule has 7 heteroatoms. The van der Waals surface area contributed by atoms with Crippen LogP contribution in [-0.4, -0.2) is 65.9 Å². The molecule has 0 radical (unpaired) electrons. The van der Waals surface area contributed by atoms with Gasteiger partial charge in [-0.05, 0) is 39.2 Å². The van der Waals surface area contributed by atoms with Crippen molar-refractivity contribution in [2.75, 3.05) is 32.7 Å². The highest BCUT2D eigenvalue weighted by molar-refractivity contribution is 6.07. The number of likely N-dealkylation sites (tertiary alicyclic amines) is 2. The summed E-state index contributed by atoms with van der Waals surface area (Å²) in [6.45, 7) is 5.49. The Morgan fingerprint density at radius 1 is 1.12 bits per heavy atom. The smallest absolute Gasteiger partial charge is 0.322 e. The number of hydrogen-bond acceptors (Lipinski definition) is 4. The number of piperidine rings is 1. The molecule has 0 spiro atoms. The summed E-state index contributed by atoms with van der Waals surface area (Å²) in [5, 5.41) is 5.11. The molecule has 3 rings (SSSR count). The zero-order chi connectivity index (χ0) is 17.2. The van der Waals surface area contributed by atoms with E-state index in [-0.39, 0.29) is 17.7 Å². The van der Waals surface area contributed by atoms with E-state index >= 15 is 0 Å². The number of nitrogens with zero attached hydrogens (tertiary/aromatic N) is 2. The second-order valence-electron chi connectivity index (χ2n) is 7.48. The summed E-state index contributed by atoms with van der Waals surface area (Å²) in [6, 6.07) is -0.416. The Morgan fingerprint density at radius 3 is 2.46 bits per heavy atom. The SMILES string of the molecule is C[C@@]1([C@@H]2CCCN(CC(=O)N3CCCCCC3)C2)NC(=O)NC1=O. The van der Waals surface area contributed by atoms with Crippen molar-refractivity contribution in [3.05, 3.63) is 0 Å². The quantitative estimate of drug-likeness (QED) is 0.743. The molecule has 0 aromatic heterocycles. The number of urea groups is 1. The highest BCUT2D eigenvalue weighted by Crippen LogP contribution is 2.29. The van der Waals surface area contributed by atoms with Gasteiger partial charge in [-0.15, -0.1) is 0 Å². The summed E-state index contributed by atoms with van der Waals surface area (Å²) in [7, 11) is 0. The van der Waals surface area contributed by atoms with Crippen LogP contribution >= 0.6 is 0 Å². The number of imide groups is 1. The van der Waals surface area contributed by atoms with E-state index in [1.165, 1.54) is 12.8 Å². The van der Waals surface area contributed by atoms with E-state index in [9.17, 15) is 14.4 Å². The van der Waals surface area contributed by atoms with E-state index in [0.717, 1.165) is 45.3 Å². The van der Waals surface area contributed by atoms with Crippen molar-refractivity contribution in [1.29, 1.82) is 0 Å². The maximum Gasteiger partial charge on any atom is 0.322 e. The third kappa shape index (κ3) is 3.55. The molecule has 0 aromatic carbocycles. The number of nitrogens with one attached hydrogen (secondary N) is 2. The molecule has 7 nitrogen and oxygen atoms in total. The molecule has 0 aliphatic carbocycles. The van der Waals surface area contributed by atoms with Crippen LogP contribution in [0.25, 0.3) is 0 Å². The van der Waals surface area contributed by atoms with E-state index in [0.29, 0.717) is 13.1 Å². The second-order valence-corrected chi connectivity index (χ2v) is 7.48. The van der Waals surface area contributed by atoms with Crippen molar-refractivity contribution in [1.82, 2.24) is 20.4 Å². The van der Waals surface area contributed by atoms with Gasteiger partial charge >= 0.3 is 6.03 Å². The average molecular weight is 336 g/mol. The van der Waals surface area contributed by atoms with Gasteiger partial charge in [0.1, 0.15) is 5.54 Å². The zero-order valence-corrected chi connectivity index (χ0v) is 14.5. The lowest BCUT2D eigenvalue weighted by molar-refractivity contribution is -0.133. The highest BCUT2D eigenvalue weighted by atomic mass is 16.2. The van der Waals surface area contributed by atoms with Crippen molar-refractivity contribution in [3.8, 4) is 0 Å². The molecular weight excluding hydrogens is 308 g/mol. The van der Waals surface area contributed by atoms with Crippen LogP contribution in [0.3, 0.4) is 0 Å². The summed E-state index contributed by atoms with van der Waals surface area (Å²) in [5.74, 6) is -0.0181. The Labute approximate surface area is 143 Å². The largest absolute Gasteiger partial charge is 0.342 e. The third-order valence-electron chi connectivity index (χ3n) is 5.71. The molecule has 0 aromatic rings. The lowest BCUT2D eigenvalue weighted by Gasteiger charge is -2.39. The summed E-state index contributed by atoms with van der Waals surface area (Å²) >= 11 is 0. The highest BCUT2D eigenvalue weighted by Gasteiger charge is 2.49. The molecule has 3 heterocycles. The number of amides is 4. The summed E-state index contributed by atoms with van der Waals surface area (Å²) in [5.41, 5.74) is -0.860. The van der Waals surface area contributed by atoms with Gasteiger partial charge in [0.2, 0.25) is 5.91 Å². The molecule has 3 aliphatic heterocycles. The molecule has 0 bridgehead atoms. The normalized spacial score (nSPS) is 32.2. The molecule has 3 saturated heterocycles. The molecule has 3 aliphatic rings. The molecular formula is C17H28N4O3. The number of carbonyl (C=O) groups excluding carboxylic acids is 3. The Balaban J connectivity index is 1.58. The number of rotatable bonds is 3. The first kappa shape index (κ1) is 17.2. The van der Waals surface area contributed by atoms with Gasteiger partial charge < -0.3 is 10.2 Å². The minimum atomic E-state index is -0.860. The minimum absolute atomic E-state index is 0.0367. The maximum absolute atomic E-state index is 12.6.